The van der Waals surface area contributed by atoms with Gasteiger partial charge in [-0.25, -0.2) is 0 Å². The zero-order valence-electron chi connectivity index (χ0n) is 19.2. The molecule has 1 amide bonds. The van der Waals surface area contributed by atoms with Gasteiger partial charge in [-0.15, -0.1) is 0 Å². The Morgan fingerprint density at radius 3 is 2.55 bits per heavy atom. The lowest BCUT2D eigenvalue weighted by atomic mass is 9.85. The fourth-order valence-corrected chi connectivity index (χ4v) is 6.32. The lowest BCUT2D eigenvalue weighted by Crippen LogP contribution is -2.35. The summed E-state index contributed by atoms with van der Waals surface area (Å²) in [5, 5.41) is 3.05. The first-order valence-corrected chi connectivity index (χ1v) is 12.5. The van der Waals surface area contributed by atoms with E-state index in [4.69, 9.17) is 10.5 Å². The molecule has 2 heterocycles. The van der Waals surface area contributed by atoms with Crippen molar-refractivity contribution < 1.29 is 9.53 Å². The number of nitrogens with zero attached hydrogens (tertiary/aromatic N) is 1. The fourth-order valence-electron chi connectivity index (χ4n) is 6.32. The Bertz CT molecular complexity index is 1200. The molecule has 1 aliphatic carbocycles. The molecule has 0 radical (unpaired) electrons. The standard InChI is InChI=1S/C29H32N2O2/c30-29(32)23-7-9-25-22(18-23)13-17-33-27(25)12-16-31-14-10-19(11-15-31)24-8-6-21-5-4-20-2-1-3-26(24)28(20)21/h1-3,6-9,18-19,27H,4-5,10-17H2,(H2,30,32)/t27-/m0/s1. The maximum absolute atomic E-state index is 11.5. The zero-order chi connectivity index (χ0) is 22.4. The van der Waals surface area contributed by atoms with Gasteiger partial charge in [0.25, 0.3) is 0 Å². The predicted molar refractivity (Wildman–Crippen MR) is 132 cm³/mol. The molecule has 0 spiro atoms. The average Bonchev–Trinajstić information content (AvgIpc) is 3.28. The van der Waals surface area contributed by atoms with E-state index in [9.17, 15) is 4.79 Å². The Morgan fingerprint density at radius 1 is 0.939 bits per heavy atom. The molecule has 0 unspecified atom stereocenters. The minimum atomic E-state index is -0.357. The van der Waals surface area contributed by atoms with Gasteiger partial charge >= 0.3 is 0 Å². The third-order valence-corrected chi connectivity index (χ3v) is 8.11. The average molecular weight is 441 g/mol. The van der Waals surface area contributed by atoms with Crippen molar-refractivity contribution in [3.05, 3.63) is 81.9 Å². The van der Waals surface area contributed by atoms with Crippen molar-refractivity contribution in [2.45, 2.75) is 50.5 Å². The lowest BCUT2D eigenvalue weighted by molar-refractivity contribution is 0.0275. The van der Waals surface area contributed by atoms with Crippen molar-refractivity contribution in [1.29, 1.82) is 0 Å². The number of hydrogen-bond acceptors (Lipinski definition) is 3. The Balaban J connectivity index is 1.10. The number of fused-ring (bicyclic) bond motifs is 1. The van der Waals surface area contributed by atoms with Crippen LogP contribution in [0.5, 0.6) is 0 Å². The first-order chi connectivity index (χ1) is 16.2. The molecule has 0 bridgehead atoms. The van der Waals surface area contributed by atoms with E-state index in [1.54, 1.807) is 10.9 Å². The number of primary amides is 1. The van der Waals surface area contributed by atoms with Crippen LogP contribution in [0.3, 0.4) is 0 Å². The van der Waals surface area contributed by atoms with Crippen LogP contribution in [0.1, 0.15) is 69.5 Å². The normalized spacial score (nSPS) is 20.8. The highest BCUT2D eigenvalue weighted by molar-refractivity contribution is 5.94. The third kappa shape index (κ3) is 3.85. The van der Waals surface area contributed by atoms with Crippen molar-refractivity contribution in [3.8, 4) is 0 Å². The van der Waals surface area contributed by atoms with Gasteiger partial charge in [-0.05, 0) is 108 Å². The molecular weight excluding hydrogens is 408 g/mol. The van der Waals surface area contributed by atoms with Crippen LogP contribution < -0.4 is 5.73 Å². The number of piperidine rings is 1. The van der Waals surface area contributed by atoms with E-state index < -0.39 is 0 Å². The summed E-state index contributed by atoms with van der Waals surface area (Å²) in [7, 11) is 0. The Hall–Kier alpha value is -2.69. The predicted octanol–water partition coefficient (Wildman–Crippen LogP) is 4.92. The molecular formula is C29H32N2O2. The number of rotatable bonds is 5. The highest BCUT2D eigenvalue weighted by Crippen LogP contribution is 2.39. The second-order valence-electron chi connectivity index (χ2n) is 9.95. The molecule has 2 N–H and O–H groups in total. The first kappa shape index (κ1) is 20.9. The number of aryl methyl sites for hydroxylation is 2. The van der Waals surface area contributed by atoms with E-state index in [0.29, 0.717) is 18.1 Å². The van der Waals surface area contributed by atoms with Crippen LogP contribution in [0.4, 0.5) is 0 Å². The third-order valence-electron chi connectivity index (χ3n) is 8.11. The molecule has 6 rings (SSSR count). The van der Waals surface area contributed by atoms with Crippen LogP contribution in [0.2, 0.25) is 0 Å². The highest BCUT2D eigenvalue weighted by Gasteiger charge is 2.26. The fraction of sp³-hybridized carbons (Fsp3) is 0.414. The van der Waals surface area contributed by atoms with Gasteiger partial charge in [0.05, 0.1) is 12.7 Å². The summed E-state index contributed by atoms with van der Waals surface area (Å²) in [5.41, 5.74) is 13.1. The second kappa shape index (κ2) is 8.58. The van der Waals surface area contributed by atoms with Crippen LogP contribution >= 0.6 is 0 Å². The highest BCUT2D eigenvalue weighted by atomic mass is 16.5. The van der Waals surface area contributed by atoms with Gasteiger partial charge in [0.15, 0.2) is 0 Å². The number of nitrogens with two attached hydrogens (primary N) is 1. The molecule has 3 aliphatic rings. The monoisotopic (exact) mass is 440 g/mol. The lowest BCUT2D eigenvalue weighted by Gasteiger charge is -2.34. The van der Waals surface area contributed by atoms with Crippen molar-refractivity contribution in [1.82, 2.24) is 4.90 Å². The molecule has 4 heteroatoms. The number of likely N-dealkylation sites (tertiary alicyclic amines) is 1. The van der Waals surface area contributed by atoms with E-state index in [0.717, 1.165) is 32.5 Å². The van der Waals surface area contributed by atoms with Gasteiger partial charge in [-0.1, -0.05) is 36.4 Å². The van der Waals surface area contributed by atoms with Crippen LogP contribution in [0.15, 0.2) is 48.5 Å². The largest absolute Gasteiger partial charge is 0.373 e. The van der Waals surface area contributed by atoms with E-state index in [1.807, 2.05) is 18.2 Å². The maximum atomic E-state index is 11.5. The first-order valence-electron chi connectivity index (χ1n) is 12.5. The molecule has 3 aromatic carbocycles. The van der Waals surface area contributed by atoms with E-state index in [-0.39, 0.29) is 12.0 Å². The van der Waals surface area contributed by atoms with Gasteiger partial charge in [-0.3, -0.25) is 4.79 Å². The van der Waals surface area contributed by atoms with Crippen molar-refractivity contribution in [3.63, 3.8) is 0 Å². The molecule has 1 fully saturated rings. The van der Waals surface area contributed by atoms with Gasteiger partial charge in [-0.2, -0.15) is 0 Å². The molecule has 170 valence electrons. The molecule has 0 saturated carbocycles. The van der Waals surface area contributed by atoms with Gasteiger partial charge in [0.2, 0.25) is 5.91 Å². The summed E-state index contributed by atoms with van der Waals surface area (Å²) < 4.78 is 6.12. The zero-order valence-corrected chi connectivity index (χ0v) is 19.2. The number of benzene rings is 3. The molecule has 3 aromatic rings. The van der Waals surface area contributed by atoms with Gasteiger partial charge < -0.3 is 15.4 Å². The molecule has 1 atom stereocenters. The van der Waals surface area contributed by atoms with E-state index in [2.05, 4.69) is 35.2 Å². The Labute approximate surface area is 195 Å². The smallest absolute Gasteiger partial charge is 0.248 e. The van der Waals surface area contributed by atoms with E-state index in [1.165, 1.54) is 53.3 Å². The van der Waals surface area contributed by atoms with Crippen molar-refractivity contribution in [2.24, 2.45) is 5.73 Å². The second-order valence-corrected chi connectivity index (χ2v) is 9.95. The van der Waals surface area contributed by atoms with Crippen LogP contribution in [0.25, 0.3) is 10.8 Å². The van der Waals surface area contributed by atoms with Gasteiger partial charge in [0.1, 0.15) is 0 Å². The van der Waals surface area contributed by atoms with E-state index >= 15 is 0 Å². The van der Waals surface area contributed by atoms with Crippen LogP contribution in [-0.4, -0.2) is 37.0 Å². The summed E-state index contributed by atoms with van der Waals surface area (Å²) in [6.45, 7) is 4.06. The molecule has 2 aliphatic heterocycles. The molecule has 4 nitrogen and oxygen atoms in total. The number of hydrogen-bond donors (Lipinski definition) is 1. The summed E-state index contributed by atoms with van der Waals surface area (Å²) in [6, 6.07) is 17.6. The summed E-state index contributed by atoms with van der Waals surface area (Å²) in [5.74, 6) is 0.300. The summed E-state index contributed by atoms with van der Waals surface area (Å²) in [4.78, 5) is 14.1. The molecule has 33 heavy (non-hydrogen) atoms. The quantitative estimate of drug-likeness (QED) is 0.613. The molecule has 1 saturated heterocycles. The maximum Gasteiger partial charge on any atom is 0.248 e. The molecule has 0 aromatic heterocycles. The Kier molecular flexibility index (Phi) is 5.43. The minimum Gasteiger partial charge on any atom is -0.373 e. The Morgan fingerprint density at radius 2 is 1.73 bits per heavy atom. The van der Waals surface area contributed by atoms with Gasteiger partial charge in [0, 0.05) is 12.1 Å². The summed E-state index contributed by atoms with van der Waals surface area (Å²) in [6.07, 6.45) is 6.81. The van der Waals surface area contributed by atoms with Crippen molar-refractivity contribution in [2.75, 3.05) is 26.2 Å². The minimum absolute atomic E-state index is 0.116. The number of carbonyl (C=O) groups is 1. The topological polar surface area (TPSA) is 55.6 Å². The number of ether oxygens (including phenoxy) is 1. The SMILES string of the molecule is NC(=O)c1ccc2c(c1)CCO[C@H]2CCN1CCC(c2ccc3c4c(cccc24)CC3)CC1. The van der Waals surface area contributed by atoms with Crippen LogP contribution in [-0.2, 0) is 24.0 Å². The number of carbonyl (C=O) groups excluding carboxylic acids is 1. The van der Waals surface area contributed by atoms with Crippen molar-refractivity contribution >= 4 is 16.7 Å². The number of amides is 1. The summed E-state index contributed by atoms with van der Waals surface area (Å²) >= 11 is 0. The van der Waals surface area contributed by atoms with Crippen LogP contribution in [0, 0.1) is 0 Å².